The van der Waals surface area contributed by atoms with Crippen LogP contribution < -0.4 is 0 Å². The largest absolute Gasteiger partial charge is 0.392 e. The Morgan fingerprint density at radius 3 is 2.67 bits per heavy atom. The minimum absolute atomic E-state index is 0.173. The standard InChI is InChI=1S/C23H33FN2O/c1-4-5-11-22(27)18-25(15-13-19(2)3)17-21-10-8-14-26(21)16-20-9-6-7-12-23(20)24/h4,6-10,12,14,19,22,27H,1,5,11,13,15-18H2,2-3H3. The van der Waals surface area contributed by atoms with Crippen molar-refractivity contribution < 1.29 is 9.50 Å². The van der Waals surface area contributed by atoms with Crippen molar-refractivity contribution in [3.05, 3.63) is 72.3 Å². The summed E-state index contributed by atoms with van der Waals surface area (Å²) in [6.45, 7) is 11.0. The molecule has 0 radical (unpaired) electrons. The van der Waals surface area contributed by atoms with E-state index in [1.807, 2.05) is 30.5 Å². The molecule has 1 atom stereocenters. The van der Waals surface area contributed by atoms with Gasteiger partial charge in [0.25, 0.3) is 0 Å². The third kappa shape index (κ3) is 7.31. The van der Waals surface area contributed by atoms with Gasteiger partial charge in [0.15, 0.2) is 0 Å². The van der Waals surface area contributed by atoms with Crippen LogP contribution in [-0.2, 0) is 13.1 Å². The third-order valence-electron chi connectivity index (χ3n) is 4.80. The van der Waals surface area contributed by atoms with Gasteiger partial charge in [0, 0.05) is 30.5 Å². The van der Waals surface area contributed by atoms with Crippen LogP contribution in [0.4, 0.5) is 4.39 Å². The lowest BCUT2D eigenvalue weighted by molar-refractivity contribution is 0.0982. The maximum absolute atomic E-state index is 14.0. The molecule has 0 aliphatic rings. The summed E-state index contributed by atoms with van der Waals surface area (Å²) in [6.07, 6.45) is 6.13. The molecule has 2 rings (SSSR count). The summed E-state index contributed by atoms with van der Waals surface area (Å²) < 4.78 is 16.1. The fraction of sp³-hybridized carbons (Fsp3) is 0.478. The molecule has 0 fully saturated rings. The highest BCUT2D eigenvalue weighted by Gasteiger charge is 2.15. The van der Waals surface area contributed by atoms with Crippen molar-refractivity contribution in [2.24, 2.45) is 5.92 Å². The van der Waals surface area contributed by atoms with Crippen LogP contribution in [0.3, 0.4) is 0 Å². The van der Waals surface area contributed by atoms with Gasteiger partial charge >= 0.3 is 0 Å². The van der Waals surface area contributed by atoms with Gasteiger partial charge in [-0.1, -0.05) is 38.1 Å². The van der Waals surface area contributed by atoms with Gasteiger partial charge in [-0.15, -0.1) is 6.58 Å². The zero-order valence-electron chi connectivity index (χ0n) is 16.6. The summed E-state index contributed by atoms with van der Waals surface area (Å²) in [5.41, 5.74) is 1.83. The first-order valence-corrected chi connectivity index (χ1v) is 9.88. The molecule has 1 unspecified atom stereocenters. The van der Waals surface area contributed by atoms with Crippen LogP contribution in [0.2, 0.25) is 0 Å². The Labute approximate surface area is 163 Å². The molecule has 0 spiro atoms. The smallest absolute Gasteiger partial charge is 0.128 e. The van der Waals surface area contributed by atoms with Gasteiger partial charge in [-0.05, 0) is 49.9 Å². The topological polar surface area (TPSA) is 28.4 Å². The fourth-order valence-electron chi connectivity index (χ4n) is 3.16. The molecule has 3 nitrogen and oxygen atoms in total. The van der Waals surface area contributed by atoms with Crippen molar-refractivity contribution in [3.8, 4) is 0 Å². The Bertz CT molecular complexity index is 695. The molecular formula is C23H33FN2O. The second-order valence-electron chi connectivity index (χ2n) is 7.66. The van der Waals surface area contributed by atoms with Gasteiger partial charge in [-0.25, -0.2) is 4.39 Å². The minimum atomic E-state index is -0.356. The first-order valence-electron chi connectivity index (χ1n) is 9.88. The van der Waals surface area contributed by atoms with Crippen LogP contribution in [0.25, 0.3) is 0 Å². The summed E-state index contributed by atoms with van der Waals surface area (Å²) in [5.74, 6) is 0.441. The minimum Gasteiger partial charge on any atom is -0.392 e. The van der Waals surface area contributed by atoms with Gasteiger partial charge < -0.3 is 9.67 Å². The first-order chi connectivity index (χ1) is 13.0. The van der Waals surface area contributed by atoms with Gasteiger partial charge in [0.1, 0.15) is 5.82 Å². The van der Waals surface area contributed by atoms with Crippen LogP contribution in [0.5, 0.6) is 0 Å². The average Bonchev–Trinajstić information content (AvgIpc) is 3.06. The van der Waals surface area contributed by atoms with Crippen molar-refractivity contribution in [2.45, 2.75) is 52.3 Å². The average molecular weight is 373 g/mol. The summed E-state index contributed by atoms with van der Waals surface area (Å²) in [6, 6.07) is 11.0. The van der Waals surface area contributed by atoms with E-state index in [0.717, 1.165) is 38.0 Å². The molecular weight excluding hydrogens is 339 g/mol. The van der Waals surface area contributed by atoms with Gasteiger partial charge in [-0.3, -0.25) is 4.90 Å². The Balaban J connectivity index is 2.06. The van der Waals surface area contributed by atoms with Crippen LogP contribution in [-0.4, -0.2) is 33.8 Å². The lowest BCUT2D eigenvalue weighted by Gasteiger charge is -2.26. The van der Waals surface area contributed by atoms with Gasteiger partial charge in [0.2, 0.25) is 0 Å². The van der Waals surface area contributed by atoms with Crippen LogP contribution in [0.15, 0.2) is 55.3 Å². The van der Waals surface area contributed by atoms with Crippen molar-refractivity contribution in [3.63, 3.8) is 0 Å². The molecule has 0 amide bonds. The number of hydrogen-bond donors (Lipinski definition) is 1. The zero-order valence-corrected chi connectivity index (χ0v) is 16.6. The molecule has 0 aliphatic heterocycles. The zero-order chi connectivity index (χ0) is 19.6. The molecule has 4 heteroatoms. The number of aliphatic hydroxyl groups excluding tert-OH is 1. The number of aliphatic hydroxyl groups is 1. The number of hydrogen-bond acceptors (Lipinski definition) is 2. The van der Waals surface area contributed by atoms with Crippen molar-refractivity contribution in [1.29, 1.82) is 0 Å². The molecule has 0 bridgehead atoms. The Hall–Kier alpha value is -1.91. The second-order valence-corrected chi connectivity index (χ2v) is 7.66. The Morgan fingerprint density at radius 2 is 1.96 bits per heavy atom. The molecule has 148 valence electrons. The van der Waals surface area contributed by atoms with Crippen molar-refractivity contribution in [1.82, 2.24) is 9.47 Å². The number of nitrogens with zero attached hydrogens (tertiary/aromatic N) is 2. The molecule has 0 aliphatic carbocycles. The molecule has 1 heterocycles. The second kappa shape index (κ2) is 11.1. The highest BCUT2D eigenvalue weighted by Crippen LogP contribution is 2.15. The van der Waals surface area contributed by atoms with Gasteiger partial charge in [-0.2, -0.15) is 0 Å². The molecule has 1 N–H and O–H groups in total. The summed E-state index contributed by atoms with van der Waals surface area (Å²) >= 11 is 0. The predicted octanol–water partition coefficient (Wildman–Crippen LogP) is 4.85. The van der Waals surface area contributed by atoms with E-state index in [4.69, 9.17) is 0 Å². The number of benzene rings is 1. The number of aromatic nitrogens is 1. The molecule has 1 aromatic heterocycles. The van der Waals surface area contributed by atoms with Crippen molar-refractivity contribution in [2.75, 3.05) is 13.1 Å². The Kier molecular flexibility index (Phi) is 8.76. The van der Waals surface area contributed by atoms with E-state index in [0.29, 0.717) is 24.6 Å². The van der Waals surface area contributed by atoms with E-state index in [9.17, 15) is 9.50 Å². The van der Waals surface area contributed by atoms with Crippen molar-refractivity contribution >= 4 is 0 Å². The maximum atomic E-state index is 14.0. The summed E-state index contributed by atoms with van der Waals surface area (Å²) in [5, 5.41) is 10.3. The van der Waals surface area contributed by atoms with E-state index in [2.05, 4.69) is 36.0 Å². The molecule has 0 saturated carbocycles. The van der Waals surface area contributed by atoms with E-state index in [1.54, 1.807) is 6.07 Å². The molecule has 0 saturated heterocycles. The molecule has 2 aromatic rings. The van der Waals surface area contributed by atoms with Gasteiger partial charge in [0.05, 0.1) is 12.6 Å². The highest BCUT2D eigenvalue weighted by molar-refractivity contribution is 5.19. The lowest BCUT2D eigenvalue weighted by atomic mass is 10.1. The predicted molar refractivity (Wildman–Crippen MR) is 110 cm³/mol. The SMILES string of the molecule is C=CCCC(O)CN(CCC(C)C)Cc1cccn1Cc1ccccc1F. The number of halogens is 1. The van der Waals surface area contributed by atoms with E-state index < -0.39 is 0 Å². The van der Waals surface area contributed by atoms with Crippen LogP contribution in [0.1, 0.15) is 44.4 Å². The number of allylic oxidation sites excluding steroid dienone is 1. The third-order valence-corrected chi connectivity index (χ3v) is 4.80. The molecule has 1 aromatic carbocycles. The summed E-state index contributed by atoms with van der Waals surface area (Å²) in [7, 11) is 0. The monoisotopic (exact) mass is 372 g/mol. The Morgan fingerprint density at radius 1 is 1.19 bits per heavy atom. The number of rotatable bonds is 12. The highest BCUT2D eigenvalue weighted by atomic mass is 19.1. The van der Waals surface area contributed by atoms with E-state index >= 15 is 0 Å². The first kappa shape index (κ1) is 21.4. The molecule has 27 heavy (non-hydrogen) atoms. The fourth-order valence-corrected chi connectivity index (χ4v) is 3.16. The maximum Gasteiger partial charge on any atom is 0.128 e. The van der Waals surface area contributed by atoms with E-state index in [-0.39, 0.29) is 11.9 Å². The van der Waals surface area contributed by atoms with Crippen LogP contribution in [0, 0.1) is 11.7 Å². The lowest BCUT2D eigenvalue weighted by Crippen LogP contribution is -2.34. The normalized spacial score (nSPS) is 12.7. The summed E-state index contributed by atoms with van der Waals surface area (Å²) in [4.78, 5) is 2.31. The quantitative estimate of drug-likeness (QED) is 0.540. The van der Waals surface area contributed by atoms with E-state index in [1.165, 1.54) is 6.07 Å². The van der Waals surface area contributed by atoms with Crippen LogP contribution >= 0.6 is 0 Å².